The highest BCUT2D eigenvalue weighted by molar-refractivity contribution is 9.08. The molecular formula is C7H12BrN3. The number of hydrogen-bond donors (Lipinski definition) is 0. The van der Waals surface area contributed by atoms with Gasteiger partial charge < -0.3 is 0 Å². The van der Waals surface area contributed by atoms with Gasteiger partial charge in [0, 0.05) is 11.9 Å². The van der Waals surface area contributed by atoms with Crippen LogP contribution in [0.25, 0.3) is 0 Å². The Hall–Kier alpha value is -0.380. The molecule has 0 aromatic carbocycles. The van der Waals surface area contributed by atoms with Crippen molar-refractivity contribution in [3.63, 3.8) is 0 Å². The topological polar surface area (TPSA) is 30.7 Å². The molecule has 0 bridgehead atoms. The Labute approximate surface area is 74.9 Å². The summed E-state index contributed by atoms with van der Waals surface area (Å²) in [5.41, 5.74) is 1.15. The van der Waals surface area contributed by atoms with Crippen LogP contribution in [-0.4, -0.2) is 15.0 Å². The van der Waals surface area contributed by atoms with E-state index in [0.29, 0.717) is 0 Å². The molecule has 0 spiro atoms. The van der Waals surface area contributed by atoms with E-state index < -0.39 is 0 Å². The molecule has 0 saturated carbocycles. The molecule has 0 saturated heterocycles. The maximum absolute atomic E-state index is 3.96. The first-order chi connectivity index (χ1) is 5.38. The summed E-state index contributed by atoms with van der Waals surface area (Å²) in [4.78, 5) is 0. The number of aryl methyl sites for hydroxylation is 1. The zero-order chi connectivity index (χ0) is 8.10. The molecular weight excluding hydrogens is 206 g/mol. The smallest absolute Gasteiger partial charge is 0.0733 e. The molecule has 0 atom stereocenters. The highest BCUT2D eigenvalue weighted by Crippen LogP contribution is 2.03. The van der Waals surface area contributed by atoms with Crippen LogP contribution in [0, 0.1) is 0 Å². The second-order valence-corrected chi connectivity index (χ2v) is 3.00. The summed E-state index contributed by atoms with van der Waals surface area (Å²) in [6.45, 7) is 3.15. The van der Waals surface area contributed by atoms with Crippen LogP contribution in [0.15, 0.2) is 6.20 Å². The van der Waals surface area contributed by atoms with Gasteiger partial charge in [-0.3, -0.25) is 0 Å². The van der Waals surface area contributed by atoms with Crippen LogP contribution in [0.1, 0.15) is 25.5 Å². The SMILES string of the molecule is CCCCn1nncc1CBr. The zero-order valence-corrected chi connectivity index (χ0v) is 8.21. The van der Waals surface area contributed by atoms with Crippen molar-refractivity contribution < 1.29 is 0 Å². The third kappa shape index (κ3) is 2.29. The Morgan fingerprint density at radius 1 is 1.64 bits per heavy atom. The minimum atomic E-state index is 0.837. The summed E-state index contributed by atoms with van der Waals surface area (Å²) in [5, 5.41) is 8.63. The fourth-order valence-electron chi connectivity index (χ4n) is 0.879. The van der Waals surface area contributed by atoms with Crippen molar-refractivity contribution in [2.75, 3.05) is 0 Å². The Balaban J connectivity index is 2.54. The van der Waals surface area contributed by atoms with Gasteiger partial charge in [-0.05, 0) is 6.42 Å². The van der Waals surface area contributed by atoms with Gasteiger partial charge >= 0.3 is 0 Å². The van der Waals surface area contributed by atoms with Crippen LogP contribution in [0.4, 0.5) is 0 Å². The lowest BCUT2D eigenvalue weighted by atomic mass is 10.3. The number of rotatable bonds is 4. The van der Waals surface area contributed by atoms with Crippen molar-refractivity contribution in [2.24, 2.45) is 0 Å². The molecule has 0 aliphatic rings. The first-order valence-corrected chi connectivity index (χ1v) is 4.94. The third-order valence-electron chi connectivity index (χ3n) is 1.56. The number of alkyl halides is 1. The first kappa shape index (κ1) is 8.71. The predicted molar refractivity (Wildman–Crippen MR) is 47.6 cm³/mol. The maximum atomic E-state index is 3.96. The van der Waals surface area contributed by atoms with Gasteiger partial charge in [-0.1, -0.05) is 34.5 Å². The van der Waals surface area contributed by atoms with Gasteiger partial charge in [0.25, 0.3) is 0 Å². The predicted octanol–water partition coefficient (Wildman–Crippen LogP) is 1.97. The molecule has 1 aromatic rings. The minimum Gasteiger partial charge on any atom is -0.249 e. The molecule has 0 unspecified atom stereocenters. The molecule has 1 heterocycles. The molecule has 1 rings (SSSR count). The second-order valence-electron chi connectivity index (χ2n) is 2.44. The fraction of sp³-hybridized carbons (Fsp3) is 0.714. The Bertz CT molecular complexity index is 209. The van der Waals surface area contributed by atoms with E-state index in [1.165, 1.54) is 12.8 Å². The average Bonchev–Trinajstić information content (AvgIpc) is 2.47. The summed E-state index contributed by atoms with van der Waals surface area (Å²) in [6.07, 6.45) is 4.16. The third-order valence-corrected chi connectivity index (χ3v) is 2.13. The van der Waals surface area contributed by atoms with Gasteiger partial charge in [0.2, 0.25) is 0 Å². The summed E-state index contributed by atoms with van der Waals surface area (Å²) in [7, 11) is 0. The molecule has 3 nitrogen and oxygen atoms in total. The van der Waals surface area contributed by atoms with Crippen LogP contribution in [0.5, 0.6) is 0 Å². The van der Waals surface area contributed by atoms with E-state index in [1.54, 1.807) is 6.20 Å². The summed E-state index contributed by atoms with van der Waals surface area (Å²) in [5.74, 6) is 0. The van der Waals surface area contributed by atoms with Crippen molar-refractivity contribution in [2.45, 2.75) is 31.6 Å². The van der Waals surface area contributed by atoms with Crippen LogP contribution < -0.4 is 0 Å². The molecule has 11 heavy (non-hydrogen) atoms. The van der Waals surface area contributed by atoms with Gasteiger partial charge in [0.15, 0.2) is 0 Å². The highest BCUT2D eigenvalue weighted by Gasteiger charge is 1.99. The van der Waals surface area contributed by atoms with Crippen LogP contribution in [-0.2, 0) is 11.9 Å². The zero-order valence-electron chi connectivity index (χ0n) is 6.63. The standard InChI is InChI=1S/C7H12BrN3/c1-2-3-4-11-7(5-8)6-9-10-11/h6H,2-5H2,1H3. The normalized spacial score (nSPS) is 10.4. The van der Waals surface area contributed by atoms with Gasteiger partial charge in [0.05, 0.1) is 11.9 Å². The van der Waals surface area contributed by atoms with Crippen molar-refractivity contribution in [3.05, 3.63) is 11.9 Å². The van der Waals surface area contributed by atoms with Gasteiger partial charge in [0.1, 0.15) is 0 Å². The van der Waals surface area contributed by atoms with Crippen molar-refractivity contribution in [1.82, 2.24) is 15.0 Å². The lowest BCUT2D eigenvalue weighted by Gasteiger charge is -2.00. The average molecular weight is 218 g/mol. The Morgan fingerprint density at radius 3 is 3.09 bits per heavy atom. The van der Waals surface area contributed by atoms with Gasteiger partial charge in [-0.25, -0.2) is 4.68 Å². The summed E-state index contributed by atoms with van der Waals surface area (Å²) in [6, 6.07) is 0. The first-order valence-electron chi connectivity index (χ1n) is 3.81. The molecule has 0 radical (unpaired) electrons. The van der Waals surface area contributed by atoms with E-state index in [1.807, 2.05) is 4.68 Å². The van der Waals surface area contributed by atoms with E-state index in [9.17, 15) is 0 Å². The molecule has 0 aliphatic carbocycles. The molecule has 0 N–H and O–H groups in total. The van der Waals surface area contributed by atoms with Crippen LogP contribution in [0.2, 0.25) is 0 Å². The number of unbranched alkanes of at least 4 members (excludes halogenated alkanes) is 1. The maximum Gasteiger partial charge on any atom is 0.0733 e. The number of halogens is 1. The largest absolute Gasteiger partial charge is 0.249 e. The van der Waals surface area contributed by atoms with Crippen molar-refractivity contribution in [3.8, 4) is 0 Å². The molecule has 1 aromatic heterocycles. The number of hydrogen-bond acceptors (Lipinski definition) is 2. The second kappa shape index (κ2) is 4.49. The number of nitrogens with zero attached hydrogens (tertiary/aromatic N) is 3. The quantitative estimate of drug-likeness (QED) is 0.723. The lowest BCUT2D eigenvalue weighted by Crippen LogP contribution is -2.03. The molecule has 62 valence electrons. The van der Waals surface area contributed by atoms with Crippen LogP contribution in [0.3, 0.4) is 0 Å². The van der Waals surface area contributed by atoms with E-state index in [0.717, 1.165) is 17.6 Å². The Morgan fingerprint density at radius 2 is 2.45 bits per heavy atom. The summed E-state index contributed by atoms with van der Waals surface area (Å²) >= 11 is 3.38. The van der Waals surface area contributed by atoms with Gasteiger partial charge in [-0.15, -0.1) is 5.10 Å². The molecule has 0 aliphatic heterocycles. The van der Waals surface area contributed by atoms with Gasteiger partial charge in [-0.2, -0.15) is 0 Å². The van der Waals surface area contributed by atoms with Crippen molar-refractivity contribution in [1.29, 1.82) is 0 Å². The Kier molecular flexibility index (Phi) is 3.56. The van der Waals surface area contributed by atoms with E-state index in [-0.39, 0.29) is 0 Å². The van der Waals surface area contributed by atoms with Crippen LogP contribution >= 0.6 is 15.9 Å². The van der Waals surface area contributed by atoms with Crippen molar-refractivity contribution >= 4 is 15.9 Å². The van der Waals surface area contributed by atoms with E-state index >= 15 is 0 Å². The lowest BCUT2D eigenvalue weighted by molar-refractivity contribution is 0.541. The molecule has 0 fully saturated rings. The monoisotopic (exact) mass is 217 g/mol. The minimum absolute atomic E-state index is 0.837. The molecule has 0 amide bonds. The van der Waals surface area contributed by atoms with E-state index in [2.05, 4.69) is 33.2 Å². The van der Waals surface area contributed by atoms with E-state index in [4.69, 9.17) is 0 Å². The number of aromatic nitrogens is 3. The molecule has 4 heteroatoms. The fourth-order valence-corrected chi connectivity index (χ4v) is 1.31. The highest BCUT2D eigenvalue weighted by atomic mass is 79.9. The summed E-state index contributed by atoms with van der Waals surface area (Å²) < 4.78 is 1.94.